The van der Waals surface area contributed by atoms with Crippen LogP contribution in [0.25, 0.3) is 0 Å². The summed E-state index contributed by atoms with van der Waals surface area (Å²) in [5.74, 6) is -0.977. The molecule has 0 spiro atoms. The molecule has 0 heterocycles. The molecule has 4 nitrogen and oxygen atoms in total. The lowest BCUT2D eigenvalue weighted by atomic mass is 10.1. The third-order valence-electron chi connectivity index (χ3n) is 1.26. The van der Waals surface area contributed by atoms with E-state index in [2.05, 4.69) is 5.32 Å². The number of rotatable bonds is 3. The molecule has 0 aliphatic carbocycles. The molecule has 0 radical (unpaired) electrons. The van der Waals surface area contributed by atoms with Crippen LogP contribution in [0.5, 0.6) is 0 Å². The van der Waals surface area contributed by atoms with Gasteiger partial charge in [0.05, 0.1) is 0 Å². The van der Waals surface area contributed by atoms with Crippen molar-refractivity contribution < 1.29 is 9.59 Å². The highest BCUT2D eigenvalue weighted by Gasteiger charge is 2.11. The summed E-state index contributed by atoms with van der Waals surface area (Å²) in [5.41, 5.74) is 4.92. The molecule has 2 amide bonds. The lowest BCUT2D eigenvalue weighted by Gasteiger charge is -2.03. The molecule has 1 unspecified atom stereocenters. The second kappa shape index (κ2) is 3.87. The molecule has 0 aromatic heterocycles. The van der Waals surface area contributed by atoms with E-state index in [1.807, 2.05) is 0 Å². The summed E-state index contributed by atoms with van der Waals surface area (Å²) < 4.78 is 0. The molecule has 0 rings (SSSR count). The second-order valence-corrected chi connectivity index (χ2v) is 2.18. The number of amides is 2. The third-order valence-corrected chi connectivity index (χ3v) is 1.26. The summed E-state index contributed by atoms with van der Waals surface area (Å²) in [5, 5.41) is 2.40. The van der Waals surface area contributed by atoms with Gasteiger partial charge < -0.3 is 11.1 Å². The van der Waals surface area contributed by atoms with Gasteiger partial charge in [0.2, 0.25) is 11.8 Å². The van der Waals surface area contributed by atoms with Gasteiger partial charge in [0.15, 0.2) is 0 Å². The predicted octanol–water partition coefficient (Wildman–Crippen LogP) is -0.756. The molecule has 10 heavy (non-hydrogen) atoms. The Morgan fingerprint density at radius 1 is 1.60 bits per heavy atom. The zero-order valence-corrected chi connectivity index (χ0v) is 6.18. The fraction of sp³-hybridized carbons (Fsp3) is 0.667. The fourth-order valence-corrected chi connectivity index (χ4v) is 0.481. The van der Waals surface area contributed by atoms with Crippen LogP contribution in [-0.2, 0) is 9.59 Å². The summed E-state index contributed by atoms with van der Waals surface area (Å²) in [6.45, 7) is 1.62. The maximum atomic E-state index is 10.6. The Morgan fingerprint density at radius 3 is 2.40 bits per heavy atom. The normalized spacial score (nSPS) is 12.2. The summed E-state index contributed by atoms with van der Waals surface area (Å²) in [7, 11) is 1.52. The lowest BCUT2D eigenvalue weighted by molar-refractivity contribution is -0.127. The summed E-state index contributed by atoms with van der Waals surface area (Å²) in [4.78, 5) is 21.0. The Hall–Kier alpha value is -1.06. The Balaban J connectivity index is 3.68. The third kappa shape index (κ3) is 3.06. The molecular weight excluding hydrogens is 132 g/mol. The molecule has 0 fully saturated rings. The lowest BCUT2D eigenvalue weighted by Crippen LogP contribution is -2.27. The van der Waals surface area contributed by atoms with Crippen molar-refractivity contribution >= 4 is 11.8 Å². The van der Waals surface area contributed by atoms with E-state index in [9.17, 15) is 9.59 Å². The van der Waals surface area contributed by atoms with Crippen LogP contribution in [0.1, 0.15) is 13.3 Å². The molecule has 0 aliphatic heterocycles. The van der Waals surface area contributed by atoms with Crippen molar-refractivity contribution in [3.8, 4) is 0 Å². The quantitative estimate of drug-likeness (QED) is 0.546. The number of nitrogens with two attached hydrogens (primary N) is 1. The largest absolute Gasteiger partial charge is 0.369 e. The first-order valence-electron chi connectivity index (χ1n) is 3.07. The molecular formula is C6H12N2O2. The van der Waals surface area contributed by atoms with Gasteiger partial charge in [0.25, 0.3) is 0 Å². The van der Waals surface area contributed by atoms with Crippen LogP contribution in [0, 0.1) is 5.92 Å². The topological polar surface area (TPSA) is 72.2 Å². The van der Waals surface area contributed by atoms with E-state index in [1.165, 1.54) is 7.05 Å². The van der Waals surface area contributed by atoms with Crippen molar-refractivity contribution in [3.05, 3.63) is 0 Å². The summed E-state index contributed by atoms with van der Waals surface area (Å²) >= 11 is 0. The smallest absolute Gasteiger partial charge is 0.220 e. The van der Waals surface area contributed by atoms with Gasteiger partial charge >= 0.3 is 0 Å². The van der Waals surface area contributed by atoms with Gasteiger partial charge in [-0.05, 0) is 0 Å². The van der Waals surface area contributed by atoms with Crippen LogP contribution >= 0.6 is 0 Å². The number of carbonyl (C=O) groups is 2. The fourth-order valence-electron chi connectivity index (χ4n) is 0.481. The van der Waals surface area contributed by atoms with E-state index < -0.39 is 5.91 Å². The summed E-state index contributed by atoms with van der Waals surface area (Å²) in [6.07, 6.45) is 0.172. The van der Waals surface area contributed by atoms with Crippen LogP contribution in [-0.4, -0.2) is 18.9 Å². The molecule has 0 aliphatic rings. The predicted molar refractivity (Wildman–Crippen MR) is 37.0 cm³/mol. The van der Waals surface area contributed by atoms with Gasteiger partial charge in [0, 0.05) is 19.4 Å². The van der Waals surface area contributed by atoms with Crippen molar-refractivity contribution in [1.82, 2.24) is 5.32 Å². The number of hydrogen-bond acceptors (Lipinski definition) is 2. The Morgan fingerprint density at radius 2 is 2.10 bits per heavy atom. The zero-order chi connectivity index (χ0) is 8.15. The standard InChI is InChI=1S/C6H12N2O2/c1-4(6(7)10)3-5(9)8-2/h4H,3H2,1-2H3,(H2,7,10)(H,8,9). The highest BCUT2D eigenvalue weighted by atomic mass is 16.2. The first-order valence-corrected chi connectivity index (χ1v) is 3.07. The van der Waals surface area contributed by atoms with E-state index in [0.29, 0.717) is 0 Å². The number of hydrogen-bond donors (Lipinski definition) is 2. The minimum absolute atomic E-state index is 0.161. The van der Waals surface area contributed by atoms with E-state index in [1.54, 1.807) is 6.92 Å². The molecule has 3 N–H and O–H groups in total. The van der Waals surface area contributed by atoms with Crippen LogP contribution in [0.4, 0.5) is 0 Å². The Kier molecular flexibility index (Phi) is 3.46. The number of nitrogens with one attached hydrogen (secondary N) is 1. The minimum Gasteiger partial charge on any atom is -0.369 e. The van der Waals surface area contributed by atoms with Gasteiger partial charge in [-0.2, -0.15) is 0 Å². The molecule has 0 saturated heterocycles. The monoisotopic (exact) mass is 144 g/mol. The van der Waals surface area contributed by atoms with Crippen molar-refractivity contribution in [2.75, 3.05) is 7.05 Å². The van der Waals surface area contributed by atoms with Crippen molar-refractivity contribution in [2.24, 2.45) is 11.7 Å². The van der Waals surface area contributed by atoms with Crippen LogP contribution in [0.3, 0.4) is 0 Å². The zero-order valence-electron chi connectivity index (χ0n) is 6.18. The molecule has 0 aromatic carbocycles. The van der Waals surface area contributed by atoms with Gasteiger partial charge in [-0.15, -0.1) is 0 Å². The van der Waals surface area contributed by atoms with Gasteiger partial charge in [-0.3, -0.25) is 9.59 Å². The van der Waals surface area contributed by atoms with Crippen molar-refractivity contribution in [1.29, 1.82) is 0 Å². The first kappa shape index (κ1) is 8.94. The van der Waals surface area contributed by atoms with E-state index in [-0.39, 0.29) is 18.2 Å². The summed E-state index contributed by atoms with van der Waals surface area (Å²) in [6, 6.07) is 0. The average Bonchev–Trinajstić information content (AvgIpc) is 1.87. The van der Waals surface area contributed by atoms with Gasteiger partial charge in [-0.25, -0.2) is 0 Å². The highest BCUT2D eigenvalue weighted by molar-refractivity contribution is 5.84. The van der Waals surface area contributed by atoms with Crippen LogP contribution in [0.15, 0.2) is 0 Å². The van der Waals surface area contributed by atoms with E-state index in [0.717, 1.165) is 0 Å². The second-order valence-electron chi connectivity index (χ2n) is 2.18. The van der Waals surface area contributed by atoms with E-state index in [4.69, 9.17) is 5.73 Å². The molecule has 0 aromatic rings. The Labute approximate surface area is 59.8 Å². The first-order chi connectivity index (χ1) is 4.57. The average molecular weight is 144 g/mol. The molecule has 0 saturated carbocycles. The molecule has 4 heteroatoms. The molecule has 58 valence electrons. The van der Waals surface area contributed by atoms with Gasteiger partial charge in [0.1, 0.15) is 0 Å². The molecule has 0 bridgehead atoms. The Bertz CT molecular complexity index is 145. The van der Waals surface area contributed by atoms with E-state index >= 15 is 0 Å². The maximum absolute atomic E-state index is 10.6. The van der Waals surface area contributed by atoms with Crippen molar-refractivity contribution in [2.45, 2.75) is 13.3 Å². The minimum atomic E-state index is -0.441. The van der Waals surface area contributed by atoms with Crippen molar-refractivity contribution in [3.63, 3.8) is 0 Å². The molecule has 1 atom stereocenters. The SMILES string of the molecule is CNC(=O)CC(C)C(N)=O. The van der Waals surface area contributed by atoms with Crippen LogP contribution in [0.2, 0.25) is 0 Å². The van der Waals surface area contributed by atoms with Gasteiger partial charge in [-0.1, -0.05) is 6.92 Å². The highest BCUT2D eigenvalue weighted by Crippen LogP contribution is 1.98. The van der Waals surface area contributed by atoms with Crippen LogP contribution < -0.4 is 11.1 Å². The number of primary amides is 1. The maximum Gasteiger partial charge on any atom is 0.220 e. The number of carbonyl (C=O) groups excluding carboxylic acids is 2.